The largest absolute Gasteiger partial charge is 0.391 e. The van der Waals surface area contributed by atoms with Crippen molar-refractivity contribution in [2.24, 2.45) is 5.92 Å². The van der Waals surface area contributed by atoms with Crippen molar-refractivity contribution in [2.45, 2.75) is 58.0 Å². The fraction of sp³-hybridized carbons (Fsp3) is 0.733. The molecular weight excluding hydrogens is 272 g/mol. The summed E-state index contributed by atoms with van der Waals surface area (Å²) in [6, 6.07) is 0. The Morgan fingerprint density at radius 3 is 2.80 bits per heavy atom. The first-order valence-corrected chi connectivity index (χ1v) is 8.33. The predicted molar refractivity (Wildman–Crippen MR) is 80.9 cm³/mol. The number of thiazole rings is 1. The number of aliphatic hydroxyl groups excluding tert-OH is 1. The molecule has 2 N–H and O–H groups in total. The predicted octanol–water partition coefficient (Wildman–Crippen LogP) is 2.48. The van der Waals surface area contributed by atoms with Crippen LogP contribution in [-0.4, -0.2) is 28.6 Å². The van der Waals surface area contributed by atoms with E-state index in [1.807, 2.05) is 5.38 Å². The Kier molecular flexibility index (Phi) is 5.54. The Morgan fingerprint density at radius 2 is 2.20 bits per heavy atom. The van der Waals surface area contributed by atoms with Gasteiger partial charge in [0.15, 0.2) is 0 Å². The number of carbonyl (C=O) groups is 1. The summed E-state index contributed by atoms with van der Waals surface area (Å²) < 4.78 is 0. The fourth-order valence-electron chi connectivity index (χ4n) is 2.62. The maximum atomic E-state index is 11.9. The van der Waals surface area contributed by atoms with Gasteiger partial charge in [-0.1, -0.05) is 26.7 Å². The van der Waals surface area contributed by atoms with Crippen molar-refractivity contribution in [1.82, 2.24) is 10.3 Å². The van der Waals surface area contributed by atoms with Crippen LogP contribution in [0.3, 0.4) is 0 Å². The Balaban J connectivity index is 1.74. The van der Waals surface area contributed by atoms with E-state index < -0.39 is 6.10 Å². The molecule has 0 aliphatic heterocycles. The topological polar surface area (TPSA) is 62.2 Å². The average molecular weight is 296 g/mol. The minimum atomic E-state index is -0.400. The molecule has 1 unspecified atom stereocenters. The number of hydrogen-bond acceptors (Lipinski definition) is 4. The van der Waals surface area contributed by atoms with Crippen molar-refractivity contribution in [2.75, 3.05) is 6.54 Å². The van der Waals surface area contributed by atoms with E-state index in [1.54, 1.807) is 11.3 Å². The standard InChI is InChI=1S/C15H24N2O2S/c1-10(2)15-17-12(9-20-15)7-14(19)16-8-13(18)11-5-3-4-6-11/h9-11,13,18H,3-8H2,1-2H3,(H,16,19). The number of nitrogens with one attached hydrogen (secondary N) is 1. The molecule has 1 heterocycles. The smallest absolute Gasteiger partial charge is 0.226 e. The van der Waals surface area contributed by atoms with Gasteiger partial charge in [0.05, 0.1) is 23.2 Å². The van der Waals surface area contributed by atoms with Crippen LogP contribution >= 0.6 is 11.3 Å². The highest BCUT2D eigenvalue weighted by atomic mass is 32.1. The Hall–Kier alpha value is -0.940. The second-order valence-corrected chi connectivity index (χ2v) is 6.81. The molecule has 4 nitrogen and oxygen atoms in total. The van der Waals surface area contributed by atoms with Gasteiger partial charge >= 0.3 is 0 Å². The van der Waals surface area contributed by atoms with E-state index in [2.05, 4.69) is 24.1 Å². The number of nitrogens with zero attached hydrogens (tertiary/aromatic N) is 1. The lowest BCUT2D eigenvalue weighted by atomic mass is 10.0. The summed E-state index contributed by atoms with van der Waals surface area (Å²) in [6.45, 7) is 4.56. The molecule has 1 aromatic heterocycles. The van der Waals surface area contributed by atoms with Gasteiger partial charge in [-0.25, -0.2) is 4.98 Å². The number of aliphatic hydroxyl groups is 1. The highest BCUT2D eigenvalue weighted by molar-refractivity contribution is 7.09. The molecule has 1 amide bonds. The molecule has 1 fully saturated rings. The quantitative estimate of drug-likeness (QED) is 0.847. The van der Waals surface area contributed by atoms with Gasteiger partial charge in [0.25, 0.3) is 0 Å². The summed E-state index contributed by atoms with van der Waals surface area (Å²) in [4.78, 5) is 16.3. The number of hydrogen-bond donors (Lipinski definition) is 2. The molecule has 5 heteroatoms. The van der Waals surface area contributed by atoms with Crippen molar-refractivity contribution in [1.29, 1.82) is 0 Å². The van der Waals surface area contributed by atoms with Crippen LogP contribution in [0, 0.1) is 5.92 Å². The molecule has 1 saturated carbocycles. The zero-order chi connectivity index (χ0) is 14.5. The van der Waals surface area contributed by atoms with Crippen molar-refractivity contribution in [3.05, 3.63) is 16.1 Å². The summed E-state index contributed by atoms with van der Waals surface area (Å²) in [5, 5.41) is 15.8. The van der Waals surface area contributed by atoms with E-state index in [0.29, 0.717) is 24.8 Å². The monoisotopic (exact) mass is 296 g/mol. The van der Waals surface area contributed by atoms with Gasteiger partial charge in [-0.2, -0.15) is 0 Å². The van der Waals surface area contributed by atoms with Crippen LogP contribution in [0.5, 0.6) is 0 Å². The molecule has 20 heavy (non-hydrogen) atoms. The maximum absolute atomic E-state index is 11.9. The summed E-state index contributed by atoms with van der Waals surface area (Å²) >= 11 is 1.60. The third-order valence-corrected chi connectivity index (χ3v) is 5.05. The van der Waals surface area contributed by atoms with E-state index in [-0.39, 0.29) is 5.91 Å². The van der Waals surface area contributed by atoms with Crippen LogP contribution in [0.25, 0.3) is 0 Å². The molecule has 1 aromatic rings. The van der Waals surface area contributed by atoms with Crippen molar-refractivity contribution < 1.29 is 9.90 Å². The van der Waals surface area contributed by atoms with E-state index in [0.717, 1.165) is 23.5 Å². The van der Waals surface area contributed by atoms with Gasteiger partial charge in [0, 0.05) is 17.8 Å². The molecule has 0 aromatic carbocycles. The van der Waals surface area contributed by atoms with Crippen LogP contribution in [-0.2, 0) is 11.2 Å². The minimum absolute atomic E-state index is 0.0531. The van der Waals surface area contributed by atoms with Crippen LogP contribution in [0.2, 0.25) is 0 Å². The lowest BCUT2D eigenvalue weighted by Gasteiger charge is -2.17. The summed E-state index contributed by atoms with van der Waals surface area (Å²) in [7, 11) is 0. The van der Waals surface area contributed by atoms with E-state index in [4.69, 9.17) is 0 Å². The molecule has 1 aliphatic rings. The summed E-state index contributed by atoms with van der Waals surface area (Å²) in [5.74, 6) is 0.714. The van der Waals surface area contributed by atoms with Crippen LogP contribution < -0.4 is 5.32 Å². The Morgan fingerprint density at radius 1 is 1.50 bits per heavy atom. The number of rotatable bonds is 6. The SMILES string of the molecule is CC(C)c1nc(CC(=O)NCC(O)C2CCCC2)cs1. The van der Waals surface area contributed by atoms with Gasteiger partial charge in [-0.15, -0.1) is 11.3 Å². The van der Waals surface area contributed by atoms with Gasteiger partial charge in [-0.05, 0) is 18.8 Å². The van der Waals surface area contributed by atoms with Gasteiger partial charge < -0.3 is 10.4 Å². The van der Waals surface area contributed by atoms with E-state index in [1.165, 1.54) is 12.8 Å². The molecule has 0 spiro atoms. The minimum Gasteiger partial charge on any atom is -0.391 e. The number of carbonyl (C=O) groups excluding carboxylic acids is 1. The number of amides is 1. The van der Waals surface area contributed by atoms with Crippen molar-refractivity contribution in [3.63, 3.8) is 0 Å². The number of aromatic nitrogens is 1. The molecule has 1 aliphatic carbocycles. The second kappa shape index (κ2) is 7.18. The molecular formula is C15H24N2O2S. The first-order chi connectivity index (χ1) is 9.56. The zero-order valence-electron chi connectivity index (χ0n) is 12.3. The first-order valence-electron chi connectivity index (χ1n) is 7.45. The fourth-order valence-corrected chi connectivity index (χ4v) is 3.46. The van der Waals surface area contributed by atoms with Crippen LogP contribution in [0.15, 0.2) is 5.38 Å². The van der Waals surface area contributed by atoms with Gasteiger partial charge in [0.2, 0.25) is 5.91 Å². The van der Waals surface area contributed by atoms with Gasteiger partial charge in [0.1, 0.15) is 0 Å². The molecule has 0 radical (unpaired) electrons. The normalized spacial score (nSPS) is 17.6. The van der Waals surface area contributed by atoms with Crippen LogP contribution in [0.1, 0.15) is 56.2 Å². The average Bonchev–Trinajstić information content (AvgIpc) is 3.06. The Labute approximate surface area is 124 Å². The van der Waals surface area contributed by atoms with Gasteiger partial charge in [-0.3, -0.25) is 4.79 Å². The highest BCUT2D eigenvalue weighted by Crippen LogP contribution is 2.27. The lowest BCUT2D eigenvalue weighted by molar-refractivity contribution is -0.121. The molecule has 0 saturated heterocycles. The van der Waals surface area contributed by atoms with Crippen molar-refractivity contribution >= 4 is 17.2 Å². The summed E-state index contributed by atoms with van der Waals surface area (Å²) in [6.07, 6.45) is 4.48. The second-order valence-electron chi connectivity index (χ2n) is 5.92. The maximum Gasteiger partial charge on any atom is 0.226 e. The molecule has 0 bridgehead atoms. The summed E-state index contributed by atoms with van der Waals surface area (Å²) in [5.41, 5.74) is 0.826. The molecule has 112 valence electrons. The van der Waals surface area contributed by atoms with E-state index >= 15 is 0 Å². The molecule has 2 rings (SSSR count). The lowest BCUT2D eigenvalue weighted by Crippen LogP contribution is -2.36. The third-order valence-electron chi connectivity index (χ3n) is 3.86. The first kappa shape index (κ1) is 15.4. The van der Waals surface area contributed by atoms with Crippen LogP contribution in [0.4, 0.5) is 0 Å². The highest BCUT2D eigenvalue weighted by Gasteiger charge is 2.23. The zero-order valence-corrected chi connectivity index (χ0v) is 13.1. The van der Waals surface area contributed by atoms with Crippen molar-refractivity contribution in [3.8, 4) is 0 Å². The molecule has 1 atom stereocenters. The van der Waals surface area contributed by atoms with E-state index in [9.17, 15) is 9.90 Å². The third kappa shape index (κ3) is 4.28. The Bertz CT molecular complexity index is 439.